The van der Waals surface area contributed by atoms with Crippen LogP contribution in [0.4, 0.5) is 0 Å². The number of nitriles is 1. The molecule has 0 radical (unpaired) electrons. The van der Waals surface area contributed by atoms with Crippen molar-refractivity contribution in [3.8, 4) is 6.07 Å². The van der Waals surface area contributed by atoms with Crippen molar-refractivity contribution in [2.75, 3.05) is 27.7 Å². The van der Waals surface area contributed by atoms with Crippen molar-refractivity contribution in [1.82, 2.24) is 15.1 Å². The Morgan fingerprint density at radius 2 is 1.95 bits per heavy atom. The maximum Gasteiger partial charge on any atom is 0.105 e. The van der Waals surface area contributed by atoms with E-state index in [4.69, 9.17) is 0 Å². The lowest BCUT2D eigenvalue weighted by atomic mass is 9.75. The molecule has 21 heavy (non-hydrogen) atoms. The van der Waals surface area contributed by atoms with Crippen LogP contribution in [0.15, 0.2) is 0 Å². The summed E-state index contributed by atoms with van der Waals surface area (Å²) in [6, 6.07) is 3.49. The van der Waals surface area contributed by atoms with Gasteiger partial charge in [-0.25, -0.2) is 0 Å². The Morgan fingerprint density at radius 1 is 1.33 bits per heavy atom. The zero-order chi connectivity index (χ0) is 15.7. The van der Waals surface area contributed by atoms with Gasteiger partial charge in [0.1, 0.15) is 5.54 Å². The van der Waals surface area contributed by atoms with Gasteiger partial charge in [-0.2, -0.15) is 5.26 Å². The highest BCUT2D eigenvalue weighted by Crippen LogP contribution is 2.37. The molecule has 0 bridgehead atoms. The monoisotopic (exact) mass is 292 g/mol. The zero-order valence-corrected chi connectivity index (χ0v) is 14.4. The molecule has 0 amide bonds. The topological polar surface area (TPSA) is 42.3 Å². The summed E-state index contributed by atoms with van der Waals surface area (Å²) in [6.45, 7) is 5.42. The molecule has 0 aromatic heterocycles. The third kappa shape index (κ3) is 3.97. The molecule has 4 nitrogen and oxygen atoms in total. The fourth-order valence-corrected chi connectivity index (χ4v) is 3.51. The predicted molar refractivity (Wildman–Crippen MR) is 87.2 cm³/mol. The molecule has 120 valence electrons. The predicted octanol–water partition coefficient (Wildman–Crippen LogP) is 2.22. The molecule has 0 aliphatic heterocycles. The van der Waals surface area contributed by atoms with Crippen LogP contribution in [0.5, 0.6) is 0 Å². The summed E-state index contributed by atoms with van der Waals surface area (Å²) in [4.78, 5) is 4.84. The zero-order valence-electron chi connectivity index (χ0n) is 14.4. The highest BCUT2D eigenvalue weighted by molar-refractivity contribution is 5.09. The Morgan fingerprint density at radius 3 is 2.33 bits per heavy atom. The molecule has 2 rings (SSSR count). The lowest BCUT2D eigenvalue weighted by Crippen LogP contribution is -2.58. The Labute approximate surface area is 130 Å². The molecule has 2 aliphatic rings. The maximum atomic E-state index is 9.53. The van der Waals surface area contributed by atoms with E-state index in [1.54, 1.807) is 0 Å². The molecule has 0 heterocycles. The molecule has 2 atom stereocenters. The number of rotatable bonds is 8. The standard InChI is InChI=1S/C17H32N4/c1-14(11-16(2,12-18)19-15-7-8-15)21(5)13-17(20(3)4)9-6-10-17/h14-15,19H,6-11,13H2,1-5H3. The van der Waals surface area contributed by atoms with Gasteiger partial charge >= 0.3 is 0 Å². The lowest BCUT2D eigenvalue weighted by molar-refractivity contribution is 0.0151. The normalized spacial score (nSPS) is 25.2. The Bertz CT molecular complexity index is 392. The van der Waals surface area contributed by atoms with E-state index < -0.39 is 0 Å². The van der Waals surface area contributed by atoms with Gasteiger partial charge in [-0.15, -0.1) is 0 Å². The largest absolute Gasteiger partial charge is 0.302 e. The van der Waals surface area contributed by atoms with Crippen LogP contribution in [-0.2, 0) is 0 Å². The molecule has 0 saturated heterocycles. The second kappa shape index (κ2) is 6.24. The van der Waals surface area contributed by atoms with Gasteiger partial charge in [0.05, 0.1) is 6.07 Å². The summed E-state index contributed by atoms with van der Waals surface area (Å²) >= 11 is 0. The van der Waals surface area contributed by atoms with E-state index in [0.717, 1.165) is 13.0 Å². The van der Waals surface area contributed by atoms with E-state index in [2.05, 4.69) is 56.2 Å². The van der Waals surface area contributed by atoms with Crippen LogP contribution in [-0.4, -0.2) is 60.6 Å². The first-order valence-corrected chi connectivity index (χ1v) is 8.37. The number of nitrogens with one attached hydrogen (secondary N) is 1. The molecular formula is C17H32N4. The number of nitrogens with zero attached hydrogens (tertiary/aromatic N) is 3. The number of hydrogen-bond acceptors (Lipinski definition) is 4. The van der Waals surface area contributed by atoms with E-state index in [9.17, 15) is 5.26 Å². The first-order valence-electron chi connectivity index (χ1n) is 8.37. The summed E-state index contributed by atoms with van der Waals surface area (Å²) in [5.74, 6) is 0. The highest BCUT2D eigenvalue weighted by atomic mass is 15.2. The van der Waals surface area contributed by atoms with Gasteiger partial charge in [0, 0.05) is 24.2 Å². The van der Waals surface area contributed by atoms with Crippen LogP contribution in [0.25, 0.3) is 0 Å². The molecule has 0 aromatic rings. The average Bonchev–Trinajstić information content (AvgIpc) is 3.16. The molecule has 1 N–H and O–H groups in total. The van der Waals surface area contributed by atoms with Gasteiger partial charge in [0.25, 0.3) is 0 Å². The minimum atomic E-state index is -0.389. The van der Waals surface area contributed by atoms with Crippen LogP contribution in [0.2, 0.25) is 0 Å². The van der Waals surface area contributed by atoms with Crippen molar-refractivity contribution in [1.29, 1.82) is 5.26 Å². The van der Waals surface area contributed by atoms with Gasteiger partial charge in [-0.3, -0.25) is 5.32 Å². The van der Waals surface area contributed by atoms with E-state index in [1.807, 2.05) is 0 Å². The smallest absolute Gasteiger partial charge is 0.105 e. The van der Waals surface area contributed by atoms with Gasteiger partial charge in [0.15, 0.2) is 0 Å². The van der Waals surface area contributed by atoms with Gasteiger partial charge in [-0.1, -0.05) is 0 Å². The Kier molecular flexibility index (Phi) is 4.97. The van der Waals surface area contributed by atoms with Crippen molar-refractivity contribution in [3.05, 3.63) is 0 Å². The first-order chi connectivity index (χ1) is 9.80. The fourth-order valence-electron chi connectivity index (χ4n) is 3.51. The molecule has 0 spiro atoms. The van der Waals surface area contributed by atoms with Crippen LogP contribution >= 0.6 is 0 Å². The summed E-state index contributed by atoms with van der Waals surface area (Å²) in [5, 5.41) is 13.0. The van der Waals surface area contributed by atoms with Crippen molar-refractivity contribution >= 4 is 0 Å². The van der Waals surface area contributed by atoms with Crippen LogP contribution in [0.3, 0.4) is 0 Å². The Balaban J connectivity index is 1.89. The third-order valence-corrected chi connectivity index (χ3v) is 5.58. The lowest BCUT2D eigenvalue weighted by Gasteiger charge is -2.50. The maximum absolute atomic E-state index is 9.53. The summed E-state index contributed by atoms with van der Waals surface area (Å²) in [5.41, 5.74) is -0.0320. The van der Waals surface area contributed by atoms with Gasteiger partial charge < -0.3 is 9.80 Å². The fraction of sp³-hybridized carbons (Fsp3) is 0.941. The number of likely N-dealkylation sites (N-methyl/N-ethyl adjacent to an activating group) is 2. The second-order valence-electron chi connectivity index (χ2n) is 7.80. The van der Waals surface area contributed by atoms with Crippen molar-refractivity contribution < 1.29 is 0 Å². The van der Waals surface area contributed by atoms with E-state index in [1.165, 1.54) is 32.1 Å². The molecule has 2 saturated carbocycles. The molecule has 2 fully saturated rings. The van der Waals surface area contributed by atoms with Crippen molar-refractivity contribution in [2.24, 2.45) is 0 Å². The summed E-state index contributed by atoms with van der Waals surface area (Å²) in [6.07, 6.45) is 7.29. The van der Waals surface area contributed by atoms with Crippen LogP contribution in [0, 0.1) is 11.3 Å². The Hall–Kier alpha value is -0.630. The SMILES string of the molecule is CC(CC(C)(C#N)NC1CC1)N(C)CC1(N(C)C)CCC1. The number of hydrogen-bond donors (Lipinski definition) is 1. The van der Waals surface area contributed by atoms with Crippen molar-refractivity contribution in [3.63, 3.8) is 0 Å². The second-order valence-corrected chi connectivity index (χ2v) is 7.80. The first kappa shape index (κ1) is 16.7. The molecule has 4 heteroatoms. The molecule has 0 aromatic carbocycles. The van der Waals surface area contributed by atoms with Crippen LogP contribution < -0.4 is 5.32 Å². The van der Waals surface area contributed by atoms with E-state index in [0.29, 0.717) is 17.6 Å². The minimum Gasteiger partial charge on any atom is -0.302 e. The van der Waals surface area contributed by atoms with E-state index >= 15 is 0 Å². The molecule has 2 aliphatic carbocycles. The van der Waals surface area contributed by atoms with E-state index in [-0.39, 0.29) is 5.54 Å². The van der Waals surface area contributed by atoms with Crippen LogP contribution in [0.1, 0.15) is 52.4 Å². The molecule has 2 unspecified atom stereocenters. The van der Waals surface area contributed by atoms with Gasteiger partial charge in [0.2, 0.25) is 0 Å². The van der Waals surface area contributed by atoms with Crippen molar-refractivity contribution in [2.45, 2.75) is 75.5 Å². The summed E-state index contributed by atoms with van der Waals surface area (Å²) in [7, 11) is 6.61. The third-order valence-electron chi connectivity index (χ3n) is 5.58. The molecular weight excluding hydrogens is 260 g/mol. The van der Waals surface area contributed by atoms with Gasteiger partial charge in [-0.05, 0) is 73.5 Å². The quantitative estimate of drug-likeness (QED) is 0.745. The summed E-state index contributed by atoms with van der Waals surface area (Å²) < 4.78 is 0. The average molecular weight is 292 g/mol. The minimum absolute atomic E-state index is 0.357. The highest BCUT2D eigenvalue weighted by Gasteiger charge is 2.41.